The number of benzene rings is 1. The highest BCUT2D eigenvalue weighted by Gasteiger charge is 2.32. The minimum atomic E-state index is -0.908. The van der Waals surface area contributed by atoms with Crippen molar-refractivity contribution >= 4 is 22.8 Å². The number of carbonyl (C=O) groups is 1. The van der Waals surface area contributed by atoms with Crippen LogP contribution in [0.3, 0.4) is 0 Å². The zero-order chi connectivity index (χ0) is 20.9. The van der Waals surface area contributed by atoms with Gasteiger partial charge >= 0.3 is 0 Å². The number of nitrogen functional groups attached to an aromatic ring is 1. The zero-order valence-electron chi connectivity index (χ0n) is 16.9. The predicted molar refractivity (Wildman–Crippen MR) is 114 cm³/mol. The summed E-state index contributed by atoms with van der Waals surface area (Å²) in [6, 6.07) is 7.86. The van der Waals surface area contributed by atoms with Crippen molar-refractivity contribution in [2.75, 3.05) is 12.8 Å². The van der Waals surface area contributed by atoms with E-state index in [1.807, 2.05) is 28.8 Å². The molecule has 1 saturated carbocycles. The predicted octanol–water partition coefficient (Wildman–Crippen LogP) is 2.57. The number of aromatic nitrogens is 3. The van der Waals surface area contributed by atoms with Gasteiger partial charge in [-0.25, -0.2) is 9.97 Å². The average molecular weight is 401 g/mol. The number of nitrogens with zero attached hydrogens (tertiary/aromatic N) is 4. The molecule has 152 valence electrons. The van der Waals surface area contributed by atoms with Crippen LogP contribution in [0.15, 0.2) is 30.5 Å². The van der Waals surface area contributed by atoms with Gasteiger partial charge in [-0.3, -0.25) is 4.79 Å². The van der Waals surface area contributed by atoms with E-state index in [1.165, 1.54) is 0 Å². The first-order valence-electron chi connectivity index (χ1n) is 10.2. The van der Waals surface area contributed by atoms with Crippen LogP contribution in [-0.2, 0) is 13.1 Å². The van der Waals surface area contributed by atoms with Gasteiger partial charge in [-0.2, -0.15) is 0 Å². The molecule has 3 aromatic rings. The number of rotatable bonds is 1. The van der Waals surface area contributed by atoms with Crippen molar-refractivity contribution in [2.45, 2.75) is 44.4 Å². The van der Waals surface area contributed by atoms with E-state index in [0.29, 0.717) is 37.3 Å². The van der Waals surface area contributed by atoms with Crippen molar-refractivity contribution < 1.29 is 9.90 Å². The Labute approximate surface area is 174 Å². The monoisotopic (exact) mass is 401 g/mol. The third-order valence-corrected chi connectivity index (χ3v) is 6.04. The van der Waals surface area contributed by atoms with Gasteiger partial charge in [-0.15, -0.1) is 0 Å². The van der Waals surface area contributed by atoms with Crippen LogP contribution < -0.4 is 5.73 Å². The summed E-state index contributed by atoms with van der Waals surface area (Å²) in [6.07, 6.45) is 5.09. The molecule has 7 heteroatoms. The van der Waals surface area contributed by atoms with Crippen molar-refractivity contribution in [1.29, 1.82) is 0 Å². The van der Waals surface area contributed by atoms with Crippen molar-refractivity contribution in [1.82, 2.24) is 19.4 Å². The molecule has 3 heterocycles. The molecule has 2 aromatic heterocycles. The fourth-order valence-corrected chi connectivity index (χ4v) is 4.56. The van der Waals surface area contributed by atoms with Gasteiger partial charge in [0.15, 0.2) is 0 Å². The van der Waals surface area contributed by atoms with Crippen LogP contribution in [0.1, 0.15) is 41.7 Å². The Morgan fingerprint density at radius 2 is 2.03 bits per heavy atom. The molecule has 0 unspecified atom stereocenters. The zero-order valence-corrected chi connectivity index (χ0v) is 16.9. The van der Waals surface area contributed by atoms with Gasteiger partial charge in [0.1, 0.15) is 11.3 Å². The lowest BCUT2D eigenvalue weighted by Gasteiger charge is -2.16. The average Bonchev–Trinajstić information content (AvgIpc) is 3.28. The lowest BCUT2D eigenvalue weighted by molar-refractivity contribution is 0.0779. The summed E-state index contributed by atoms with van der Waals surface area (Å²) in [5, 5.41) is 11.5. The van der Waals surface area contributed by atoms with Gasteiger partial charge in [-0.05, 0) is 31.7 Å². The van der Waals surface area contributed by atoms with Crippen LogP contribution in [0, 0.1) is 11.8 Å². The summed E-state index contributed by atoms with van der Waals surface area (Å²) in [5.74, 6) is 6.27. The summed E-state index contributed by atoms with van der Waals surface area (Å²) >= 11 is 0. The largest absolute Gasteiger partial charge is 0.378 e. The minimum absolute atomic E-state index is 0.0980. The van der Waals surface area contributed by atoms with E-state index in [4.69, 9.17) is 5.73 Å². The molecule has 0 spiro atoms. The van der Waals surface area contributed by atoms with Crippen LogP contribution in [0.4, 0.5) is 5.95 Å². The molecule has 0 saturated heterocycles. The molecule has 7 nitrogen and oxygen atoms in total. The normalized spacial score (nSPS) is 17.3. The summed E-state index contributed by atoms with van der Waals surface area (Å²) < 4.78 is 1.93. The van der Waals surface area contributed by atoms with Gasteiger partial charge < -0.3 is 20.3 Å². The third-order valence-electron chi connectivity index (χ3n) is 6.04. The maximum atomic E-state index is 13.4. The van der Waals surface area contributed by atoms with Crippen molar-refractivity contribution in [3.63, 3.8) is 0 Å². The van der Waals surface area contributed by atoms with Gasteiger partial charge in [0.25, 0.3) is 5.91 Å². The van der Waals surface area contributed by atoms with Crippen LogP contribution in [0.5, 0.6) is 0 Å². The Bertz CT molecular complexity index is 1230. The first-order valence-corrected chi connectivity index (χ1v) is 10.2. The van der Waals surface area contributed by atoms with Crippen molar-refractivity contribution in [3.8, 4) is 23.1 Å². The van der Waals surface area contributed by atoms with E-state index in [1.54, 1.807) is 18.1 Å². The number of carbonyl (C=O) groups excluding carboxylic acids is 1. The van der Waals surface area contributed by atoms with E-state index < -0.39 is 5.60 Å². The van der Waals surface area contributed by atoms with E-state index in [-0.39, 0.29) is 11.9 Å². The van der Waals surface area contributed by atoms with Crippen LogP contribution in [0.25, 0.3) is 22.2 Å². The second-order valence-electron chi connectivity index (χ2n) is 8.13. The lowest BCUT2D eigenvalue weighted by atomic mass is 10.0. The van der Waals surface area contributed by atoms with Gasteiger partial charge in [0.05, 0.1) is 17.8 Å². The molecule has 1 aliphatic heterocycles. The summed E-state index contributed by atoms with van der Waals surface area (Å²) in [7, 11) is 1.77. The maximum Gasteiger partial charge on any atom is 0.271 e. The second kappa shape index (κ2) is 6.85. The number of nitrogens with two attached hydrogens (primary N) is 1. The number of hydrogen-bond donors (Lipinski definition) is 2. The SMILES string of the molecule is CN1Cc2cnc(N)nc2-c2c(n(CC#CC3(O)CCCC3)c3ccccc23)C1=O. The first kappa shape index (κ1) is 18.6. The summed E-state index contributed by atoms with van der Waals surface area (Å²) in [5.41, 5.74) is 8.75. The highest BCUT2D eigenvalue weighted by Crippen LogP contribution is 2.39. The van der Waals surface area contributed by atoms with E-state index in [9.17, 15) is 9.90 Å². The Morgan fingerprint density at radius 3 is 2.83 bits per heavy atom. The maximum absolute atomic E-state index is 13.4. The van der Waals surface area contributed by atoms with Gasteiger partial charge in [0, 0.05) is 36.3 Å². The van der Waals surface area contributed by atoms with E-state index >= 15 is 0 Å². The molecule has 1 aliphatic carbocycles. The Morgan fingerprint density at radius 1 is 1.27 bits per heavy atom. The number of hydrogen-bond acceptors (Lipinski definition) is 5. The Hall–Kier alpha value is -3.37. The molecule has 0 radical (unpaired) electrons. The van der Waals surface area contributed by atoms with E-state index in [0.717, 1.165) is 34.9 Å². The van der Waals surface area contributed by atoms with Crippen LogP contribution in [-0.4, -0.2) is 43.1 Å². The number of amides is 1. The van der Waals surface area contributed by atoms with Gasteiger partial charge in [-0.1, -0.05) is 30.0 Å². The third kappa shape index (κ3) is 2.92. The quantitative estimate of drug-likeness (QED) is 0.611. The molecule has 1 aromatic carbocycles. The van der Waals surface area contributed by atoms with Crippen LogP contribution in [0.2, 0.25) is 0 Å². The lowest BCUT2D eigenvalue weighted by Crippen LogP contribution is -2.27. The summed E-state index contributed by atoms with van der Waals surface area (Å²) in [6.45, 7) is 0.719. The molecular weight excluding hydrogens is 378 g/mol. The summed E-state index contributed by atoms with van der Waals surface area (Å²) in [4.78, 5) is 23.7. The smallest absolute Gasteiger partial charge is 0.271 e. The minimum Gasteiger partial charge on any atom is -0.378 e. The topological polar surface area (TPSA) is 97.3 Å². The standard InChI is InChI=1S/C23H23N5O2/c1-27-14-15-13-25-22(24)26-19(15)18-16-7-2-3-8-17(16)28(20(18)21(27)29)12-6-11-23(30)9-4-5-10-23/h2-3,7-8,13,30H,4-5,9-10,12,14H2,1H3,(H2,24,25,26). The molecule has 0 bridgehead atoms. The molecule has 0 atom stereocenters. The van der Waals surface area contributed by atoms with Crippen LogP contribution >= 0.6 is 0 Å². The van der Waals surface area contributed by atoms with E-state index in [2.05, 4.69) is 21.8 Å². The molecule has 1 amide bonds. The fraction of sp³-hybridized carbons (Fsp3) is 0.348. The molecule has 2 aliphatic rings. The number of fused-ring (bicyclic) bond motifs is 5. The number of aliphatic hydroxyl groups is 1. The van der Waals surface area contributed by atoms with Crippen molar-refractivity contribution in [2.24, 2.45) is 0 Å². The number of anilines is 1. The molecule has 3 N–H and O–H groups in total. The second-order valence-corrected chi connectivity index (χ2v) is 8.13. The first-order chi connectivity index (χ1) is 14.5. The van der Waals surface area contributed by atoms with Gasteiger partial charge in [0.2, 0.25) is 5.95 Å². The molecule has 5 rings (SSSR count). The molecule has 30 heavy (non-hydrogen) atoms. The molecular formula is C23H23N5O2. The Balaban J connectivity index is 1.73. The highest BCUT2D eigenvalue weighted by atomic mass is 16.3. The number of para-hydroxylation sites is 1. The highest BCUT2D eigenvalue weighted by molar-refractivity contribution is 6.11. The Kier molecular flexibility index (Phi) is 4.26. The molecule has 1 fully saturated rings. The van der Waals surface area contributed by atoms with Crippen molar-refractivity contribution in [3.05, 3.63) is 41.7 Å². The fourth-order valence-electron chi connectivity index (χ4n) is 4.56.